The first kappa shape index (κ1) is 20.9. The van der Waals surface area contributed by atoms with Gasteiger partial charge in [-0.15, -0.1) is 24.0 Å². The molecule has 2 heterocycles. The van der Waals surface area contributed by atoms with Gasteiger partial charge in [-0.2, -0.15) is 0 Å². The van der Waals surface area contributed by atoms with Crippen LogP contribution >= 0.6 is 24.0 Å². The van der Waals surface area contributed by atoms with Crippen molar-refractivity contribution in [3.63, 3.8) is 0 Å². The van der Waals surface area contributed by atoms with Gasteiger partial charge in [-0.25, -0.2) is 0 Å². The third kappa shape index (κ3) is 5.61. The van der Waals surface area contributed by atoms with Crippen molar-refractivity contribution in [2.45, 2.75) is 19.5 Å². The zero-order chi connectivity index (χ0) is 18.3. The molecular weight excluding hydrogens is 461 g/mol. The Morgan fingerprint density at radius 2 is 1.61 bits per heavy atom. The molecule has 1 saturated heterocycles. The molecule has 5 nitrogen and oxygen atoms in total. The fourth-order valence-corrected chi connectivity index (χ4v) is 3.76. The SMILES string of the molecule is I.c1ccc(N2CCN(Cc3ccccc3CNC3=NCCCN3)CC2)cc1. The van der Waals surface area contributed by atoms with E-state index in [1.54, 1.807) is 0 Å². The summed E-state index contributed by atoms with van der Waals surface area (Å²) in [5.74, 6) is 0.938. The summed E-state index contributed by atoms with van der Waals surface area (Å²) in [5, 5.41) is 6.79. The standard InChI is InChI=1S/C22H29N5.HI/c1-2-9-21(10-3-1)27-15-13-26(14-16-27)18-20-8-5-4-7-19(20)17-25-22-23-11-6-12-24-22;/h1-5,7-10H,6,11-18H2,(H2,23,24,25);1H. The highest BCUT2D eigenvalue weighted by molar-refractivity contribution is 14.0. The van der Waals surface area contributed by atoms with Gasteiger partial charge >= 0.3 is 0 Å². The lowest BCUT2D eigenvalue weighted by atomic mass is 10.1. The van der Waals surface area contributed by atoms with Crippen molar-refractivity contribution >= 4 is 35.6 Å². The van der Waals surface area contributed by atoms with E-state index in [0.29, 0.717) is 0 Å². The van der Waals surface area contributed by atoms with Crippen molar-refractivity contribution in [3.8, 4) is 0 Å². The van der Waals surface area contributed by atoms with Crippen molar-refractivity contribution in [1.82, 2.24) is 15.5 Å². The van der Waals surface area contributed by atoms with E-state index in [-0.39, 0.29) is 24.0 Å². The minimum atomic E-state index is 0. The van der Waals surface area contributed by atoms with Crippen LogP contribution in [-0.4, -0.2) is 50.1 Å². The van der Waals surface area contributed by atoms with Gasteiger partial charge in [0.15, 0.2) is 5.96 Å². The van der Waals surface area contributed by atoms with Gasteiger partial charge in [0.25, 0.3) is 0 Å². The Kier molecular flexibility index (Phi) is 7.97. The molecule has 0 atom stereocenters. The smallest absolute Gasteiger partial charge is 0.191 e. The van der Waals surface area contributed by atoms with Gasteiger partial charge in [-0.3, -0.25) is 9.89 Å². The predicted octanol–water partition coefficient (Wildman–Crippen LogP) is 3.07. The molecule has 0 bridgehead atoms. The van der Waals surface area contributed by atoms with E-state index in [4.69, 9.17) is 0 Å². The van der Waals surface area contributed by atoms with E-state index in [1.165, 1.54) is 16.8 Å². The number of aliphatic imine (C=N–C) groups is 1. The highest BCUT2D eigenvalue weighted by Crippen LogP contribution is 2.18. The van der Waals surface area contributed by atoms with Crippen LogP contribution in [0.5, 0.6) is 0 Å². The van der Waals surface area contributed by atoms with Crippen LogP contribution in [-0.2, 0) is 13.1 Å². The number of nitrogens with zero attached hydrogens (tertiary/aromatic N) is 3. The summed E-state index contributed by atoms with van der Waals surface area (Å²) in [5.41, 5.74) is 4.11. The molecule has 2 aliphatic rings. The number of hydrogen-bond acceptors (Lipinski definition) is 5. The van der Waals surface area contributed by atoms with Crippen molar-refractivity contribution < 1.29 is 0 Å². The van der Waals surface area contributed by atoms with Crippen LogP contribution in [0, 0.1) is 0 Å². The van der Waals surface area contributed by atoms with E-state index >= 15 is 0 Å². The lowest BCUT2D eigenvalue weighted by Crippen LogP contribution is -2.46. The summed E-state index contributed by atoms with van der Waals surface area (Å²) in [6.07, 6.45) is 1.12. The summed E-state index contributed by atoms with van der Waals surface area (Å²) in [4.78, 5) is 9.55. The monoisotopic (exact) mass is 491 g/mol. The van der Waals surface area contributed by atoms with E-state index in [9.17, 15) is 0 Å². The second-order valence-electron chi connectivity index (χ2n) is 7.23. The third-order valence-electron chi connectivity index (χ3n) is 5.35. The van der Waals surface area contributed by atoms with E-state index in [1.807, 2.05) is 0 Å². The minimum absolute atomic E-state index is 0. The van der Waals surface area contributed by atoms with Crippen molar-refractivity contribution in [2.75, 3.05) is 44.2 Å². The quantitative estimate of drug-likeness (QED) is 0.632. The van der Waals surface area contributed by atoms with Gasteiger partial charge in [0.2, 0.25) is 0 Å². The summed E-state index contributed by atoms with van der Waals surface area (Å²) in [7, 11) is 0. The molecule has 0 aliphatic carbocycles. The molecule has 2 aromatic rings. The zero-order valence-electron chi connectivity index (χ0n) is 16.3. The van der Waals surface area contributed by atoms with Crippen molar-refractivity contribution in [2.24, 2.45) is 4.99 Å². The molecule has 2 N–H and O–H groups in total. The first-order chi connectivity index (χ1) is 13.4. The molecular formula is C22H30IN5. The lowest BCUT2D eigenvalue weighted by molar-refractivity contribution is 0.249. The number of nitrogens with one attached hydrogen (secondary N) is 2. The van der Waals surface area contributed by atoms with Gasteiger partial charge in [0.1, 0.15) is 0 Å². The zero-order valence-corrected chi connectivity index (χ0v) is 18.6. The van der Waals surface area contributed by atoms with Crippen LogP contribution in [0.4, 0.5) is 5.69 Å². The highest BCUT2D eigenvalue weighted by Gasteiger charge is 2.18. The number of para-hydroxylation sites is 1. The molecule has 0 amide bonds. The maximum absolute atomic E-state index is 4.51. The average molecular weight is 491 g/mol. The van der Waals surface area contributed by atoms with Crippen LogP contribution in [0.2, 0.25) is 0 Å². The molecule has 28 heavy (non-hydrogen) atoms. The minimum Gasteiger partial charge on any atom is -0.369 e. The Morgan fingerprint density at radius 1 is 0.893 bits per heavy atom. The largest absolute Gasteiger partial charge is 0.369 e. The first-order valence-corrected chi connectivity index (χ1v) is 10.00. The normalized spacial score (nSPS) is 17.3. The second kappa shape index (κ2) is 10.7. The van der Waals surface area contributed by atoms with Crippen LogP contribution in [0.3, 0.4) is 0 Å². The Bertz CT molecular complexity index is 757. The van der Waals surface area contributed by atoms with E-state index in [0.717, 1.165) is 64.7 Å². The van der Waals surface area contributed by atoms with Crippen LogP contribution in [0.25, 0.3) is 0 Å². The molecule has 0 saturated carbocycles. The fraction of sp³-hybridized carbons (Fsp3) is 0.409. The molecule has 2 aromatic carbocycles. The average Bonchev–Trinajstić information content (AvgIpc) is 2.75. The van der Waals surface area contributed by atoms with Gasteiger partial charge in [0, 0.05) is 58.0 Å². The molecule has 6 heteroatoms. The number of halogens is 1. The van der Waals surface area contributed by atoms with Gasteiger partial charge in [-0.05, 0) is 29.7 Å². The molecule has 1 fully saturated rings. The Balaban J connectivity index is 0.00000225. The second-order valence-corrected chi connectivity index (χ2v) is 7.23. The summed E-state index contributed by atoms with van der Waals surface area (Å²) in [6.45, 7) is 8.15. The van der Waals surface area contributed by atoms with Gasteiger partial charge < -0.3 is 15.5 Å². The predicted molar refractivity (Wildman–Crippen MR) is 128 cm³/mol. The summed E-state index contributed by atoms with van der Waals surface area (Å²) < 4.78 is 0. The van der Waals surface area contributed by atoms with Gasteiger partial charge in [0.05, 0.1) is 0 Å². The Hall–Kier alpha value is -1.80. The number of benzene rings is 2. The molecule has 0 unspecified atom stereocenters. The topological polar surface area (TPSA) is 42.9 Å². The van der Waals surface area contributed by atoms with Crippen molar-refractivity contribution in [1.29, 1.82) is 0 Å². The molecule has 0 aromatic heterocycles. The molecule has 0 spiro atoms. The first-order valence-electron chi connectivity index (χ1n) is 10.00. The van der Waals surface area contributed by atoms with Crippen LogP contribution in [0.1, 0.15) is 17.5 Å². The van der Waals surface area contributed by atoms with Crippen molar-refractivity contribution in [3.05, 3.63) is 65.7 Å². The number of rotatable bonds is 5. The van der Waals surface area contributed by atoms with Gasteiger partial charge in [-0.1, -0.05) is 42.5 Å². The highest BCUT2D eigenvalue weighted by atomic mass is 127. The lowest BCUT2D eigenvalue weighted by Gasteiger charge is -2.36. The number of piperazine rings is 1. The number of guanidine groups is 1. The Morgan fingerprint density at radius 3 is 2.32 bits per heavy atom. The third-order valence-corrected chi connectivity index (χ3v) is 5.35. The van der Waals surface area contributed by atoms with Crippen LogP contribution in [0.15, 0.2) is 59.6 Å². The summed E-state index contributed by atoms with van der Waals surface area (Å²) in [6, 6.07) is 19.5. The molecule has 150 valence electrons. The number of hydrogen-bond donors (Lipinski definition) is 2. The maximum Gasteiger partial charge on any atom is 0.191 e. The number of anilines is 1. The Labute approximate surface area is 185 Å². The molecule has 4 rings (SSSR count). The van der Waals surface area contributed by atoms with Crippen LogP contribution < -0.4 is 15.5 Å². The maximum atomic E-state index is 4.51. The molecule has 0 radical (unpaired) electrons. The van der Waals surface area contributed by atoms with E-state index < -0.39 is 0 Å². The van der Waals surface area contributed by atoms with E-state index in [2.05, 4.69) is 80.0 Å². The fourth-order valence-electron chi connectivity index (χ4n) is 3.76. The molecule has 2 aliphatic heterocycles. The summed E-state index contributed by atoms with van der Waals surface area (Å²) >= 11 is 0.